The van der Waals surface area contributed by atoms with Gasteiger partial charge in [-0.2, -0.15) is 13.2 Å². The van der Waals surface area contributed by atoms with Gasteiger partial charge in [-0.05, 0) is 65.3 Å². The van der Waals surface area contributed by atoms with E-state index in [1.54, 1.807) is 12.1 Å². The van der Waals surface area contributed by atoms with Gasteiger partial charge in [-0.15, -0.1) is 0 Å². The summed E-state index contributed by atoms with van der Waals surface area (Å²) in [4.78, 5) is -0.0142. The van der Waals surface area contributed by atoms with Crippen LogP contribution >= 0.6 is 0 Å². The third-order valence-corrected chi connectivity index (χ3v) is 5.63. The highest BCUT2D eigenvalue weighted by molar-refractivity contribution is 7.89. The van der Waals surface area contributed by atoms with Crippen LogP contribution < -0.4 is 5.14 Å². The second-order valence-electron chi connectivity index (χ2n) is 6.56. The van der Waals surface area contributed by atoms with Crippen molar-refractivity contribution in [2.24, 2.45) is 11.1 Å². The lowest BCUT2D eigenvalue weighted by atomic mass is 9.96. The normalized spacial score (nSPS) is 18.2. The van der Waals surface area contributed by atoms with Crippen molar-refractivity contribution in [3.8, 4) is 0 Å². The second kappa shape index (κ2) is 7.10. The van der Waals surface area contributed by atoms with Crippen molar-refractivity contribution < 1.29 is 26.7 Å². The SMILES string of the molecule is NS(=O)(=O)c1ccc(C2=C(c3ccc(C(F)(F)F)cc3)CC(CO)C2)cc1. The largest absolute Gasteiger partial charge is 0.416 e. The summed E-state index contributed by atoms with van der Waals surface area (Å²) in [6, 6.07) is 11.0. The Balaban J connectivity index is 2.01. The standard InChI is InChI=1S/C19H18F3NO3S/c20-19(21,22)15-5-1-13(2-6-15)17-9-12(11-24)10-18(17)14-3-7-16(8-4-14)27(23,25)26/h1-8,12,24H,9-11H2,(H2,23,25,26). The Kier molecular flexibility index (Phi) is 5.16. The van der Waals surface area contributed by atoms with Crippen LogP contribution in [0.5, 0.6) is 0 Å². The van der Waals surface area contributed by atoms with Crippen LogP contribution in [0.2, 0.25) is 0 Å². The Bertz CT molecular complexity index is 963. The number of alkyl halides is 3. The van der Waals surface area contributed by atoms with E-state index in [2.05, 4.69) is 0 Å². The molecule has 8 heteroatoms. The van der Waals surface area contributed by atoms with Gasteiger partial charge in [0.15, 0.2) is 0 Å². The molecular weight excluding hydrogens is 379 g/mol. The molecule has 0 spiro atoms. The lowest BCUT2D eigenvalue weighted by Gasteiger charge is -2.11. The quantitative estimate of drug-likeness (QED) is 0.826. The number of hydrogen-bond acceptors (Lipinski definition) is 3. The molecule has 0 aromatic heterocycles. The van der Waals surface area contributed by atoms with E-state index in [0.717, 1.165) is 28.8 Å². The number of aliphatic hydroxyl groups excluding tert-OH is 1. The first-order valence-corrected chi connectivity index (χ1v) is 9.78. The van der Waals surface area contributed by atoms with Gasteiger partial charge in [0.05, 0.1) is 10.5 Å². The minimum atomic E-state index is -4.40. The molecule has 2 aromatic rings. The molecule has 0 aliphatic heterocycles. The molecule has 1 aliphatic rings. The molecular formula is C19H18F3NO3S. The summed E-state index contributed by atoms with van der Waals surface area (Å²) < 4.78 is 61.2. The molecule has 27 heavy (non-hydrogen) atoms. The van der Waals surface area contributed by atoms with Crippen molar-refractivity contribution in [3.05, 3.63) is 65.2 Å². The van der Waals surface area contributed by atoms with Crippen LogP contribution in [-0.2, 0) is 16.2 Å². The van der Waals surface area contributed by atoms with Crippen molar-refractivity contribution >= 4 is 21.2 Å². The zero-order chi connectivity index (χ0) is 19.8. The first-order chi connectivity index (χ1) is 12.6. The van der Waals surface area contributed by atoms with E-state index in [9.17, 15) is 26.7 Å². The fourth-order valence-corrected chi connectivity index (χ4v) is 3.83. The molecule has 0 radical (unpaired) electrons. The summed E-state index contributed by atoms with van der Waals surface area (Å²) in [6.45, 7) is -0.0388. The zero-order valence-electron chi connectivity index (χ0n) is 14.2. The third-order valence-electron chi connectivity index (χ3n) is 4.70. The fraction of sp³-hybridized carbons (Fsp3) is 0.263. The summed E-state index contributed by atoms with van der Waals surface area (Å²) in [5, 5.41) is 14.6. The third kappa shape index (κ3) is 4.23. The molecule has 3 N–H and O–H groups in total. The topological polar surface area (TPSA) is 80.4 Å². The monoisotopic (exact) mass is 397 g/mol. The van der Waals surface area contributed by atoms with E-state index in [1.165, 1.54) is 24.3 Å². The van der Waals surface area contributed by atoms with Crippen LogP contribution in [0.15, 0.2) is 53.4 Å². The van der Waals surface area contributed by atoms with Gasteiger partial charge in [-0.3, -0.25) is 0 Å². The molecule has 0 amide bonds. The number of halogens is 3. The summed E-state index contributed by atoms with van der Waals surface area (Å²) in [6.07, 6.45) is -3.31. The molecule has 0 saturated heterocycles. The van der Waals surface area contributed by atoms with Crippen LogP contribution in [0.25, 0.3) is 11.1 Å². The predicted molar refractivity (Wildman–Crippen MR) is 95.9 cm³/mol. The maximum atomic E-state index is 12.8. The lowest BCUT2D eigenvalue weighted by molar-refractivity contribution is -0.137. The van der Waals surface area contributed by atoms with Crippen molar-refractivity contribution in [2.75, 3.05) is 6.61 Å². The van der Waals surface area contributed by atoms with Gasteiger partial charge in [0.2, 0.25) is 10.0 Å². The van der Waals surface area contributed by atoms with E-state index >= 15 is 0 Å². The number of aliphatic hydroxyl groups is 1. The Morgan fingerprint density at radius 2 is 1.37 bits per heavy atom. The highest BCUT2D eigenvalue weighted by Gasteiger charge is 2.31. The van der Waals surface area contributed by atoms with Crippen LogP contribution in [0.3, 0.4) is 0 Å². The molecule has 0 bridgehead atoms. The van der Waals surface area contributed by atoms with E-state index < -0.39 is 21.8 Å². The first-order valence-electron chi connectivity index (χ1n) is 8.23. The summed E-state index contributed by atoms with van der Waals surface area (Å²) in [5.41, 5.74) is 2.43. The molecule has 3 rings (SSSR count). The van der Waals surface area contributed by atoms with Crippen molar-refractivity contribution in [1.29, 1.82) is 0 Å². The molecule has 0 fully saturated rings. The van der Waals surface area contributed by atoms with Crippen LogP contribution in [0.1, 0.15) is 29.5 Å². The van der Waals surface area contributed by atoms with Crippen molar-refractivity contribution in [1.82, 2.24) is 0 Å². The predicted octanol–water partition coefficient (Wildman–Crippen LogP) is 3.67. The number of sulfonamides is 1. The smallest absolute Gasteiger partial charge is 0.396 e. The molecule has 4 nitrogen and oxygen atoms in total. The second-order valence-corrected chi connectivity index (χ2v) is 8.12. The van der Waals surface area contributed by atoms with Gasteiger partial charge < -0.3 is 5.11 Å². The van der Waals surface area contributed by atoms with E-state index in [-0.39, 0.29) is 17.4 Å². The number of primary sulfonamides is 1. The van der Waals surface area contributed by atoms with Crippen LogP contribution in [0.4, 0.5) is 13.2 Å². The molecule has 0 saturated carbocycles. The van der Waals surface area contributed by atoms with Crippen molar-refractivity contribution in [2.45, 2.75) is 23.9 Å². The summed E-state index contributed by atoms with van der Waals surface area (Å²) in [7, 11) is -3.81. The zero-order valence-corrected chi connectivity index (χ0v) is 15.0. The fourth-order valence-electron chi connectivity index (χ4n) is 3.32. The molecule has 1 atom stereocenters. The van der Waals surface area contributed by atoms with E-state index in [4.69, 9.17) is 5.14 Å². The van der Waals surface area contributed by atoms with Gasteiger partial charge >= 0.3 is 6.18 Å². The Morgan fingerprint density at radius 1 is 0.926 bits per heavy atom. The minimum Gasteiger partial charge on any atom is -0.396 e. The summed E-state index contributed by atoms with van der Waals surface area (Å²) in [5.74, 6) is -0.0322. The number of nitrogens with two attached hydrogens (primary N) is 1. The highest BCUT2D eigenvalue weighted by atomic mass is 32.2. The number of hydrogen-bond donors (Lipinski definition) is 2. The first kappa shape index (κ1) is 19.6. The Labute approximate surface area is 155 Å². The summed E-state index contributed by atoms with van der Waals surface area (Å²) >= 11 is 0. The van der Waals surface area contributed by atoms with Gasteiger partial charge in [0.1, 0.15) is 0 Å². The number of allylic oxidation sites excluding steroid dienone is 2. The van der Waals surface area contributed by atoms with E-state index in [0.29, 0.717) is 18.4 Å². The average Bonchev–Trinajstić information content (AvgIpc) is 3.05. The lowest BCUT2D eigenvalue weighted by Crippen LogP contribution is -2.11. The van der Waals surface area contributed by atoms with Gasteiger partial charge in [-0.1, -0.05) is 24.3 Å². The Morgan fingerprint density at radius 3 is 1.74 bits per heavy atom. The van der Waals surface area contributed by atoms with Crippen LogP contribution in [0, 0.1) is 5.92 Å². The molecule has 144 valence electrons. The number of benzene rings is 2. The molecule has 2 aromatic carbocycles. The molecule has 1 unspecified atom stereocenters. The molecule has 0 heterocycles. The van der Waals surface area contributed by atoms with Gasteiger partial charge in [0.25, 0.3) is 0 Å². The maximum Gasteiger partial charge on any atom is 0.416 e. The van der Waals surface area contributed by atoms with Gasteiger partial charge in [-0.25, -0.2) is 13.6 Å². The minimum absolute atomic E-state index is 0.0142. The highest BCUT2D eigenvalue weighted by Crippen LogP contribution is 2.43. The van der Waals surface area contributed by atoms with E-state index in [1.807, 2.05) is 0 Å². The van der Waals surface area contributed by atoms with Crippen LogP contribution in [-0.4, -0.2) is 20.1 Å². The van der Waals surface area contributed by atoms with Gasteiger partial charge in [0, 0.05) is 6.61 Å². The van der Waals surface area contributed by atoms with Crippen molar-refractivity contribution in [3.63, 3.8) is 0 Å². The number of rotatable bonds is 4. The maximum absolute atomic E-state index is 12.8. The Hall–Kier alpha value is -2.16. The molecule has 1 aliphatic carbocycles. The average molecular weight is 397 g/mol.